The Morgan fingerprint density at radius 1 is 1.50 bits per heavy atom. The smallest absolute Gasteiger partial charge is 0.149 e. The van der Waals surface area contributed by atoms with Crippen LogP contribution in [0.25, 0.3) is 0 Å². The minimum Gasteiger partial charge on any atom is -0.381 e. The second-order valence-corrected chi connectivity index (χ2v) is 6.57. The monoisotopic (exact) mass is 270 g/mol. The van der Waals surface area contributed by atoms with Crippen LogP contribution >= 0.6 is 0 Å². The Morgan fingerprint density at radius 2 is 2.11 bits per heavy atom. The molecule has 0 bridgehead atoms. The predicted molar refractivity (Wildman–Crippen MR) is 68.6 cm³/mol. The maximum atomic E-state index is 13.5. The lowest BCUT2D eigenvalue weighted by atomic mass is 10.1. The van der Waals surface area contributed by atoms with Crippen molar-refractivity contribution >= 4 is 15.5 Å². The number of sulfone groups is 1. The first-order valence-corrected chi connectivity index (χ1v) is 7.43. The standard InChI is InChI=1S/C12H15FN2O2S/c1-8(7-18(3,16)17)15-12-5-10(6-14)4-11(13)9(12)2/h4-5,8,15H,7H2,1-3H3. The fourth-order valence-electron chi connectivity index (χ4n) is 1.65. The molecule has 0 fully saturated rings. The summed E-state index contributed by atoms with van der Waals surface area (Å²) in [7, 11) is -3.10. The van der Waals surface area contributed by atoms with Crippen molar-refractivity contribution < 1.29 is 12.8 Å². The van der Waals surface area contributed by atoms with Crippen molar-refractivity contribution in [2.75, 3.05) is 17.3 Å². The third-order valence-electron chi connectivity index (χ3n) is 2.43. The van der Waals surface area contributed by atoms with E-state index >= 15 is 0 Å². The maximum Gasteiger partial charge on any atom is 0.149 e. The van der Waals surface area contributed by atoms with Crippen LogP contribution in [0.2, 0.25) is 0 Å². The van der Waals surface area contributed by atoms with Crippen LogP contribution in [0, 0.1) is 24.1 Å². The summed E-state index contributed by atoms with van der Waals surface area (Å²) in [6.45, 7) is 3.27. The van der Waals surface area contributed by atoms with Gasteiger partial charge in [0, 0.05) is 23.5 Å². The van der Waals surface area contributed by atoms with Crippen LogP contribution in [-0.2, 0) is 9.84 Å². The van der Waals surface area contributed by atoms with Crippen LogP contribution in [0.4, 0.5) is 10.1 Å². The third-order valence-corrected chi connectivity index (χ3v) is 3.53. The van der Waals surface area contributed by atoms with E-state index in [1.165, 1.54) is 6.07 Å². The van der Waals surface area contributed by atoms with Gasteiger partial charge >= 0.3 is 0 Å². The summed E-state index contributed by atoms with van der Waals surface area (Å²) in [6.07, 6.45) is 1.14. The van der Waals surface area contributed by atoms with Crippen molar-refractivity contribution in [1.29, 1.82) is 5.26 Å². The average molecular weight is 270 g/mol. The van der Waals surface area contributed by atoms with Gasteiger partial charge in [-0.25, -0.2) is 12.8 Å². The van der Waals surface area contributed by atoms with Gasteiger partial charge in [0.15, 0.2) is 0 Å². The Morgan fingerprint density at radius 3 is 2.61 bits per heavy atom. The van der Waals surface area contributed by atoms with Crippen molar-refractivity contribution in [3.05, 3.63) is 29.1 Å². The summed E-state index contributed by atoms with van der Waals surface area (Å²) in [6, 6.07) is 4.17. The van der Waals surface area contributed by atoms with E-state index in [2.05, 4.69) is 5.32 Å². The highest BCUT2D eigenvalue weighted by atomic mass is 32.2. The molecule has 1 aromatic rings. The van der Waals surface area contributed by atoms with Gasteiger partial charge in [-0.3, -0.25) is 0 Å². The minimum absolute atomic E-state index is 0.0508. The SMILES string of the molecule is Cc1c(F)cc(C#N)cc1NC(C)CS(C)(=O)=O. The number of anilines is 1. The highest BCUT2D eigenvalue weighted by molar-refractivity contribution is 7.90. The van der Waals surface area contributed by atoms with Crippen molar-refractivity contribution in [3.63, 3.8) is 0 Å². The Kier molecular flexibility index (Phi) is 4.30. The van der Waals surface area contributed by atoms with Crippen LogP contribution in [0.1, 0.15) is 18.1 Å². The molecular formula is C12H15FN2O2S. The molecule has 18 heavy (non-hydrogen) atoms. The van der Waals surface area contributed by atoms with Gasteiger partial charge in [-0.2, -0.15) is 5.26 Å². The molecule has 98 valence electrons. The lowest BCUT2D eigenvalue weighted by Crippen LogP contribution is -2.25. The molecule has 0 aromatic heterocycles. The first kappa shape index (κ1) is 14.5. The molecule has 0 aliphatic carbocycles. The number of nitrogens with zero attached hydrogens (tertiary/aromatic N) is 1. The predicted octanol–water partition coefficient (Wildman–Crippen LogP) is 1.85. The van der Waals surface area contributed by atoms with Gasteiger partial charge < -0.3 is 5.32 Å². The molecule has 0 saturated heterocycles. The lowest BCUT2D eigenvalue weighted by Gasteiger charge is -2.16. The van der Waals surface area contributed by atoms with Gasteiger partial charge in [0.05, 0.1) is 17.4 Å². The summed E-state index contributed by atoms with van der Waals surface area (Å²) in [5.41, 5.74) is 1.02. The Labute approximate surface area is 106 Å². The highest BCUT2D eigenvalue weighted by Crippen LogP contribution is 2.21. The maximum absolute atomic E-state index is 13.5. The van der Waals surface area contributed by atoms with Gasteiger partial charge in [0.2, 0.25) is 0 Å². The zero-order chi connectivity index (χ0) is 13.9. The van der Waals surface area contributed by atoms with Gasteiger partial charge in [-0.05, 0) is 26.0 Å². The molecular weight excluding hydrogens is 255 g/mol. The Hall–Kier alpha value is -1.61. The van der Waals surface area contributed by atoms with E-state index in [1.54, 1.807) is 13.8 Å². The molecule has 0 saturated carbocycles. The zero-order valence-corrected chi connectivity index (χ0v) is 11.3. The molecule has 1 unspecified atom stereocenters. The number of hydrogen-bond donors (Lipinski definition) is 1. The van der Waals surface area contributed by atoms with Crippen molar-refractivity contribution in [3.8, 4) is 6.07 Å². The normalized spacial score (nSPS) is 12.8. The quantitative estimate of drug-likeness (QED) is 0.906. The molecule has 0 radical (unpaired) electrons. The van der Waals surface area contributed by atoms with Crippen LogP contribution < -0.4 is 5.32 Å². The van der Waals surface area contributed by atoms with Crippen LogP contribution in [0.15, 0.2) is 12.1 Å². The molecule has 1 rings (SSSR count). The van der Waals surface area contributed by atoms with Gasteiger partial charge in [0.25, 0.3) is 0 Å². The number of nitriles is 1. The molecule has 1 aromatic carbocycles. The van der Waals surface area contributed by atoms with Crippen LogP contribution in [-0.4, -0.2) is 26.5 Å². The molecule has 1 atom stereocenters. The van der Waals surface area contributed by atoms with Gasteiger partial charge in [-0.1, -0.05) is 0 Å². The molecule has 4 nitrogen and oxygen atoms in total. The topological polar surface area (TPSA) is 70.0 Å². The molecule has 0 spiro atoms. The summed E-state index contributed by atoms with van der Waals surface area (Å²) >= 11 is 0. The summed E-state index contributed by atoms with van der Waals surface area (Å²) < 4.78 is 35.8. The van der Waals surface area contributed by atoms with Crippen LogP contribution in [0.5, 0.6) is 0 Å². The summed E-state index contributed by atoms with van der Waals surface area (Å²) in [4.78, 5) is 0. The Bertz CT molecular complexity index is 591. The van der Waals surface area contributed by atoms with Crippen molar-refractivity contribution in [1.82, 2.24) is 0 Å². The Balaban J connectivity index is 2.98. The van der Waals surface area contributed by atoms with E-state index in [-0.39, 0.29) is 17.4 Å². The van der Waals surface area contributed by atoms with Crippen LogP contribution in [0.3, 0.4) is 0 Å². The second kappa shape index (κ2) is 5.36. The lowest BCUT2D eigenvalue weighted by molar-refractivity contribution is 0.598. The fraction of sp³-hybridized carbons (Fsp3) is 0.417. The third kappa shape index (κ3) is 4.00. The minimum atomic E-state index is -3.10. The van der Waals surface area contributed by atoms with E-state index in [0.29, 0.717) is 11.3 Å². The van der Waals surface area contributed by atoms with Crippen molar-refractivity contribution in [2.24, 2.45) is 0 Å². The largest absolute Gasteiger partial charge is 0.381 e. The average Bonchev–Trinajstić information content (AvgIpc) is 2.21. The fourth-order valence-corrected chi connectivity index (χ4v) is 2.65. The summed E-state index contributed by atoms with van der Waals surface area (Å²) in [5.74, 6) is -0.534. The number of halogens is 1. The van der Waals surface area contributed by atoms with E-state index in [9.17, 15) is 12.8 Å². The molecule has 1 N–H and O–H groups in total. The first-order valence-electron chi connectivity index (χ1n) is 5.37. The van der Waals surface area contributed by atoms with E-state index in [4.69, 9.17) is 5.26 Å². The first-order chi connectivity index (χ1) is 8.23. The molecule has 0 heterocycles. The zero-order valence-electron chi connectivity index (χ0n) is 10.5. The second-order valence-electron chi connectivity index (χ2n) is 4.38. The molecule has 0 amide bonds. The van der Waals surface area contributed by atoms with E-state index < -0.39 is 15.7 Å². The number of benzene rings is 1. The number of rotatable bonds is 4. The van der Waals surface area contributed by atoms with E-state index in [0.717, 1.165) is 12.3 Å². The van der Waals surface area contributed by atoms with Gasteiger partial charge in [-0.15, -0.1) is 0 Å². The highest BCUT2D eigenvalue weighted by Gasteiger charge is 2.13. The molecule has 0 aliphatic heterocycles. The number of nitrogens with one attached hydrogen (secondary N) is 1. The molecule has 6 heteroatoms. The van der Waals surface area contributed by atoms with Gasteiger partial charge in [0.1, 0.15) is 15.7 Å². The number of hydrogen-bond acceptors (Lipinski definition) is 4. The summed E-state index contributed by atoms with van der Waals surface area (Å²) in [5, 5.41) is 11.7. The van der Waals surface area contributed by atoms with E-state index in [1.807, 2.05) is 6.07 Å². The molecule has 0 aliphatic rings. The van der Waals surface area contributed by atoms with Crippen molar-refractivity contribution in [2.45, 2.75) is 19.9 Å².